The van der Waals surface area contributed by atoms with Crippen molar-refractivity contribution in [1.29, 1.82) is 0 Å². The topological polar surface area (TPSA) is 65.9 Å². The molecule has 0 radical (unpaired) electrons. The van der Waals surface area contributed by atoms with Gasteiger partial charge < -0.3 is 19.6 Å². The second kappa shape index (κ2) is 8.15. The molecule has 1 amide bonds. The number of anilines is 1. The van der Waals surface area contributed by atoms with E-state index in [1.54, 1.807) is 0 Å². The highest BCUT2D eigenvalue weighted by Crippen LogP contribution is 2.27. The van der Waals surface area contributed by atoms with Gasteiger partial charge in [0, 0.05) is 44.4 Å². The van der Waals surface area contributed by atoms with Gasteiger partial charge in [-0.05, 0) is 37.3 Å². The van der Waals surface area contributed by atoms with Crippen LogP contribution in [0.15, 0.2) is 12.3 Å². The van der Waals surface area contributed by atoms with E-state index < -0.39 is 0 Å². The lowest BCUT2D eigenvalue weighted by molar-refractivity contribution is -0.132. The predicted molar refractivity (Wildman–Crippen MR) is 96.4 cm³/mol. The molecule has 2 aliphatic rings. The van der Waals surface area contributed by atoms with Crippen molar-refractivity contribution in [3.05, 3.63) is 23.4 Å². The van der Waals surface area contributed by atoms with Gasteiger partial charge in [-0.25, -0.2) is 4.98 Å². The molecule has 25 heavy (non-hydrogen) atoms. The molecule has 1 aromatic rings. The number of aryl methyl sites for hydroxylation is 1. The number of aromatic nitrogens is 1. The summed E-state index contributed by atoms with van der Waals surface area (Å²) in [6.07, 6.45) is 4.20. The molecule has 1 saturated heterocycles. The second-order valence-corrected chi connectivity index (χ2v) is 7.38. The van der Waals surface area contributed by atoms with Crippen LogP contribution in [-0.4, -0.2) is 59.8 Å². The zero-order valence-corrected chi connectivity index (χ0v) is 15.3. The van der Waals surface area contributed by atoms with Crippen molar-refractivity contribution in [3.63, 3.8) is 0 Å². The van der Waals surface area contributed by atoms with Gasteiger partial charge in [-0.2, -0.15) is 0 Å². The number of nitrogens with zero attached hydrogens (tertiary/aromatic N) is 3. The summed E-state index contributed by atoms with van der Waals surface area (Å²) < 4.78 is 5.85. The smallest absolute Gasteiger partial charge is 0.222 e. The maximum atomic E-state index is 12.5. The van der Waals surface area contributed by atoms with Crippen molar-refractivity contribution < 1.29 is 14.6 Å². The molecule has 0 aliphatic carbocycles. The molecule has 1 fully saturated rings. The normalized spacial score (nSPS) is 21.3. The zero-order valence-electron chi connectivity index (χ0n) is 15.3. The SMILES string of the molecule is Cc1cnc2c(c1)COC[C@H]1CN(C(=O)CCC[C@@H](C)CO)CCN21. The molecular weight excluding hydrogens is 318 g/mol. The number of pyridine rings is 1. The van der Waals surface area contributed by atoms with Crippen LogP contribution in [-0.2, 0) is 16.1 Å². The Morgan fingerprint density at radius 3 is 3.12 bits per heavy atom. The summed E-state index contributed by atoms with van der Waals surface area (Å²) in [5.74, 6) is 1.49. The van der Waals surface area contributed by atoms with E-state index in [0.29, 0.717) is 26.2 Å². The molecule has 3 heterocycles. The fourth-order valence-electron chi connectivity index (χ4n) is 3.65. The van der Waals surface area contributed by atoms with Crippen molar-refractivity contribution in [2.45, 2.75) is 45.8 Å². The highest BCUT2D eigenvalue weighted by atomic mass is 16.5. The van der Waals surface area contributed by atoms with Gasteiger partial charge in [-0.15, -0.1) is 0 Å². The van der Waals surface area contributed by atoms with E-state index in [1.807, 2.05) is 24.9 Å². The van der Waals surface area contributed by atoms with Crippen molar-refractivity contribution in [2.24, 2.45) is 5.92 Å². The third kappa shape index (κ3) is 4.30. The molecule has 138 valence electrons. The fraction of sp³-hybridized carbons (Fsp3) is 0.684. The first-order chi connectivity index (χ1) is 12.1. The number of aliphatic hydroxyl groups is 1. The van der Waals surface area contributed by atoms with Crippen molar-refractivity contribution in [3.8, 4) is 0 Å². The van der Waals surface area contributed by atoms with Crippen LogP contribution in [0.5, 0.6) is 0 Å². The summed E-state index contributed by atoms with van der Waals surface area (Å²) in [7, 11) is 0. The number of rotatable bonds is 5. The van der Waals surface area contributed by atoms with Gasteiger partial charge in [-0.3, -0.25) is 4.79 Å². The first-order valence-electron chi connectivity index (χ1n) is 9.27. The first-order valence-corrected chi connectivity index (χ1v) is 9.27. The van der Waals surface area contributed by atoms with Crippen LogP contribution < -0.4 is 4.90 Å². The number of hydrogen-bond donors (Lipinski definition) is 1. The van der Waals surface area contributed by atoms with E-state index in [9.17, 15) is 4.79 Å². The number of amides is 1. The highest BCUT2D eigenvalue weighted by molar-refractivity contribution is 5.76. The van der Waals surface area contributed by atoms with Crippen LogP contribution >= 0.6 is 0 Å². The summed E-state index contributed by atoms with van der Waals surface area (Å²) >= 11 is 0. The Labute approximate surface area is 149 Å². The molecule has 0 saturated carbocycles. The molecule has 2 atom stereocenters. The molecule has 0 spiro atoms. The van der Waals surface area contributed by atoms with Crippen molar-refractivity contribution >= 4 is 11.7 Å². The molecule has 2 aliphatic heterocycles. The van der Waals surface area contributed by atoms with Gasteiger partial charge in [-0.1, -0.05) is 6.92 Å². The van der Waals surface area contributed by atoms with Crippen molar-refractivity contribution in [2.75, 3.05) is 37.7 Å². The molecule has 1 N–H and O–H groups in total. The van der Waals surface area contributed by atoms with Crippen LogP contribution in [0.1, 0.15) is 37.3 Å². The number of hydrogen-bond acceptors (Lipinski definition) is 5. The van der Waals surface area contributed by atoms with E-state index in [2.05, 4.69) is 16.0 Å². The Bertz CT molecular complexity index is 608. The summed E-state index contributed by atoms with van der Waals surface area (Å²) in [6.45, 7) is 7.70. The van der Waals surface area contributed by atoms with Crippen molar-refractivity contribution in [1.82, 2.24) is 9.88 Å². The number of piperazine rings is 1. The molecule has 0 bridgehead atoms. The third-order valence-electron chi connectivity index (χ3n) is 5.15. The summed E-state index contributed by atoms with van der Waals surface area (Å²) in [6, 6.07) is 2.32. The largest absolute Gasteiger partial charge is 0.396 e. The molecule has 6 heteroatoms. The first kappa shape index (κ1) is 18.1. The number of carbonyl (C=O) groups is 1. The minimum absolute atomic E-state index is 0.172. The minimum Gasteiger partial charge on any atom is -0.396 e. The third-order valence-corrected chi connectivity index (χ3v) is 5.15. The maximum Gasteiger partial charge on any atom is 0.222 e. The summed E-state index contributed by atoms with van der Waals surface area (Å²) in [5, 5.41) is 9.08. The predicted octanol–water partition coefficient (Wildman–Crippen LogP) is 1.74. The van der Waals surface area contributed by atoms with Gasteiger partial charge in [0.25, 0.3) is 0 Å². The standard InChI is InChI=1S/C19H29N3O3/c1-14(11-23)4-3-5-18(24)21-6-7-22-17(10-21)13-25-12-16-8-15(2)9-20-19(16)22/h8-9,14,17,23H,3-7,10-13H2,1-2H3/t14-,17-/m1/s1. The number of aliphatic hydroxyl groups excluding tert-OH is 1. The lowest BCUT2D eigenvalue weighted by Gasteiger charge is -2.41. The Morgan fingerprint density at radius 2 is 2.32 bits per heavy atom. The Hall–Kier alpha value is -1.66. The van der Waals surface area contributed by atoms with Gasteiger partial charge in [0.1, 0.15) is 5.82 Å². The second-order valence-electron chi connectivity index (χ2n) is 7.38. The van der Waals surface area contributed by atoms with E-state index in [0.717, 1.165) is 42.9 Å². The van der Waals surface area contributed by atoms with Gasteiger partial charge in [0.2, 0.25) is 5.91 Å². The molecule has 6 nitrogen and oxygen atoms in total. The van der Waals surface area contributed by atoms with Crippen LogP contribution in [0.25, 0.3) is 0 Å². The van der Waals surface area contributed by atoms with Gasteiger partial charge in [0.15, 0.2) is 0 Å². The van der Waals surface area contributed by atoms with Crippen LogP contribution in [0, 0.1) is 12.8 Å². The highest BCUT2D eigenvalue weighted by Gasteiger charge is 2.33. The molecule has 3 rings (SSSR count). The zero-order chi connectivity index (χ0) is 17.8. The van der Waals surface area contributed by atoms with Gasteiger partial charge in [0.05, 0.1) is 19.3 Å². The lowest BCUT2D eigenvalue weighted by atomic mass is 10.0. The Kier molecular flexibility index (Phi) is 5.91. The van der Waals surface area contributed by atoms with E-state index in [4.69, 9.17) is 9.84 Å². The van der Waals surface area contributed by atoms with Gasteiger partial charge >= 0.3 is 0 Å². The summed E-state index contributed by atoms with van der Waals surface area (Å²) in [4.78, 5) is 21.4. The average Bonchev–Trinajstić information content (AvgIpc) is 2.79. The quantitative estimate of drug-likeness (QED) is 0.879. The number of ether oxygens (including phenoxy) is 1. The average molecular weight is 347 g/mol. The summed E-state index contributed by atoms with van der Waals surface area (Å²) in [5.41, 5.74) is 2.28. The minimum atomic E-state index is 0.172. The Morgan fingerprint density at radius 1 is 1.48 bits per heavy atom. The van der Waals surface area contributed by atoms with Crippen LogP contribution in [0.2, 0.25) is 0 Å². The molecular formula is C19H29N3O3. The fourth-order valence-corrected chi connectivity index (χ4v) is 3.65. The number of carbonyl (C=O) groups excluding carboxylic acids is 1. The lowest BCUT2D eigenvalue weighted by Crippen LogP contribution is -2.56. The van der Waals surface area contributed by atoms with E-state index in [1.165, 1.54) is 0 Å². The van der Waals surface area contributed by atoms with E-state index in [-0.39, 0.29) is 24.5 Å². The van der Waals surface area contributed by atoms with E-state index >= 15 is 0 Å². The molecule has 1 aromatic heterocycles. The van der Waals surface area contributed by atoms with Crippen LogP contribution in [0.4, 0.5) is 5.82 Å². The van der Waals surface area contributed by atoms with Crippen LogP contribution in [0.3, 0.4) is 0 Å². The number of fused-ring (bicyclic) bond motifs is 3. The maximum absolute atomic E-state index is 12.5. The molecule has 0 aromatic carbocycles. The molecule has 0 unspecified atom stereocenters. The monoisotopic (exact) mass is 347 g/mol. The Balaban J connectivity index is 1.60.